The first-order chi connectivity index (χ1) is 21.0. The molecule has 5 aliphatic rings. The topological polar surface area (TPSA) is 180 Å². The molecule has 10 nitrogen and oxygen atoms in total. The van der Waals surface area contributed by atoms with Crippen molar-refractivity contribution in [2.24, 2.45) is 45.3 Å². The van der Waals surface area contributed by atoms with Gasteiger partial charge in [0.25, 0.3) is 0 Å². The Morgan fingerprint density at radius 3 is 2.09 bits per heavy atom. The highest BCUT2D eigenvalue weighted by Crippen LogP contribution is 2.76. The molecular formula is C36H64O10. The largest absolute Gasteiger partial charge is 0.394 e. The van der Waals surface area contributed by atoms with Crippen LogP contribution in [0.2, 0.25) is 0 Å². The molecule has 268 valence electrons. The predicted octanol–water partition coefficient (Wildman–Crippen LogP) is 2.49. The minimum absolute atomic E-state index is 0.0987. The van der Waals surface area contributed by atoms with Crippen LogP contribution in [0.15, 0.2) is 0 Å². The first-order valence-corrected chi connectivity index (χ1v) is 17.8. The van der Waals surface area contributed by atoms with Gasteiger partial charge in [-0.05, 0) is 124 Å². The third-order valence-corrected chi connectivity index (χ3v) is 14.7. The van der Waals surface area contributed by atoms with Crippen LogP contribution in [-0.4, -0.2) is 108 Å². The van der Waals surface area contributed by atoms with Crippen LogP contribution in [0.4, 0.5) is 0 Å². The summed E-state index contributed by atoms with van der Waals surface area (Å²) in [5, 5.41) is 87.5. The Morgan fingerprint density at radius 2 is 1.48 bits per heavy atom. The number of aliphatic hydroxyl groups is 8. The molecule has 1 heterocycles. The molecule has 0 aromatic carbocycles. The lowest BCUT2D eigenvalue weighted by atomic mass is 9.34. The smallest absolute Gasteiger partial charge is 0.186 e. The zero-order chi connectivity index (χ0) is 34.4. The molecule has 4 saturated carbocycles. The Hall–Kier alpha value is -0.400. The van der Waals surface area contributed by atoms with E-state index >= 15 is 0 Å². The summed E-state index contributed by atoms with van der Waals surface area (Å²) in [6, 6.07) is 0. The van der Waals surface area contributed by atoms with Crippen molar-refractivity contribution >= 4 is 0 Å². The fraction of sp³-hybridized carbons (Fsp3) is 1.00. The minimum atomic E-state index is -1.56. The molecule has 10 heteroatoms. The van der Waals surface area contributed by atoms with Crippen LogP contribution < -0.4 is 0 Å². The van der Waals surface area contributed by atoms with Crippen molar-refractivity contribution in [3.8, 4) is 0 Å². The number of aliphatic hydroxyl groups excluding tert-OH is 6. The van der Waals surface area contributed by atoms with Crippen LogP contribution >= 0.6 is 0 Å². The molecule has 5 rings (SSSR count). The van der Waals surface area contributed by atoms with Crippen molar-refractivity contribution in [3.05, 3.63) is 0 Å². The number of hydrogen-bond acceptors (Lipinski definition) is 10. The van der Waals surface area contributed by atoms with Gasteiger partial charge in [0.2, 0.25) is 0 Å². The quantitative estimate of drug-likeness (QED) is 0.181. The van der Waals surface area contributed by atoms with Crippen LogP contribution in [0, 0.1) is 45.3 Å². The molecule has 0 amide bonds. The van der Waals surface area contributed by atoms with Crippen molar-refractivity contribution in [3.63, 3.8) is 0 Å². The highest BCUT2D eigenvalue weighted by Gasteiger charge is 2.73. The maximum absolute atomic E-state index is 12.1. The second-order valence-corrected chi connectivity index (χ2v) is 18.3. The normalized spacial score (nSPS) is 51.9. The van der Waals surface area contributed by atoms with E-state index < -0.39 is 72.2 Å². The van der Waals surface area contributed by atoms with Gasteiger partial charge in [0.15, 0.2) is 6.29 Å². The van der Waals surface area contributed by atoms with E-state index in [1.807, 2.05) is 6.92 Å². The number of ether oxygens (including phenoxy) is 2. The summed E-state index contributed by atoms with van der Waals surface area (Å²) in [4.78, 5) is 0. The Bertz CT molecular complexity index is 1090. The lowest BCUT2D eigenvalue weighted by molar-refractivity contribution is -0.346. The second-order valence-electron chi connectivity index (χ2n) is 18.3. The van der Waals surface area contributed by atoms with E-state index in [1.54, 1.807) is 13.8 Å². The summed E-state index contributed by atoms with van der Waals surface area (Å²) in [6.07, 6.45) is -2.73. The third-order valence-electron chi connectivity index (χ3n) is 14.7. The SMILES string of the molecule is CC(C)(O)CCC[C@@](C)(O)C1CC[C@]2(C)C1[C@H](O)CC1[C@@]3(C)CC[C@H](O)C(C)(C)C3[C@@H](OC3OC(CO)C(O)C(O)C3O)C[C@]12C. The van der Waals surface area contributed by atoms with Gasteiger partial charge < -0.3 is 50.3 Å². The van der Waals surface area contributed by atoms with Gasteiger partial charge in [-0.2, -0.15) is 0 Å². The lowest BCUT2D eigenvalue weighted by Crippen LogP contribution is -2.71. The predicted molar refractivity (Wildman–Crippen MR) is 171 cm³/mol. The highest BCUT2D eigenvalue weighted by atomic mass is 16.7. The lowest BCUT2D eigenvalue weighted by Gasteiger charge is -2.72. The van der Waals surface area contributed by atoms with E-state index in [0.717, 1.165) is 19.3 Å². The van der Waals surface area contributed by atoms with Crippen molar-refractivity contribution in [2.75, 3.05) is 6.61 Å². The monoisotopic (exact) mass is 656 g/mol. The summed E-state index contributed by atoms with van der Waals surface area (Å²) in [5.41, 5.74) is -3.45. The van der Waals surface area contributed by atoms with Crippen molar-refractivity contribution in [1.29, 1.82) is 0 Å². The van der Waals surface area contributed by atoms with Gasteiger partial charge in [-0.25, -0.2) is 0 Å². The molecule has 46 heavy (non-hydrogen) atoms. The Labute approximate surface area is 275 Å². The van der Waals surface area contributed by atoms with Gasteiger partial charge in [0, 0.05) is 0 Å². The first kappa shape index (κ1) is 36.9. The summed E-state index contributed by atoms with van der Waals surface area (Å²) in [6.45, 7) is 15.9. The van der Waals surface area contributed by atoms with Crippen LogP contribution in [0.1, 0.15) is 113 Å². The van der Waals surface area contributed by atoms with E-state index in [1.165, 1.54) is 0 Å². The minimum Gasteiger partial charge on any atom is -0.394 e. The molecule has 16 atom stereocenters. The van der Waals surface area contributed by atoms with Crippen molar-refractivity contribution < 1.29 is 50.3 Å². The molecule has 8 N–H and O–H groups in total. The Balaban J connectivity index is 1.52. The molecular weight excluding hydrogens is 592 g/mol. The van der Waals surface area contributed by atoms with Crippen LogP contribution in [0.25, 0.3) is 0 Å². The van der Waals surface area contributed by atoms with Gasteiger partial charge >= 0.3 is 0 Å². The molecule has 5 fully saturated rings. The molecule has 0 bridgehead atoms. The zero-order valence-corrected chi connectivity index (χ0v) is 29.4. The average molecular weight is 657 g/mol. The van der Waals surface area contributed by atoms with Gasteiger partial charge in [-0.15, -0.1) is 0 Å². The molecule has 0 aromatic rings. The van der Waals surface area contributed by atoms with E-state index in [-0.39, 0.29) is 39.9 Å². The van der Waals surface area contributed by atoms with Crippen molar-refractivity contribution in [2.45, 2.75) is 173 Å². The van der Waals surface area contributed by atoms with Crippen molar-refractivity contribution in [1.82, 2.24) is 0 Å². The van der Waals surface area contributed by atoms with Gasteiger partial charge in [0.1, 0.15) is 24.4 Å². The summed E-state index contributed by atoms with van der Waals surface area (Å²) >= 11 is 0. The summed E-state index contributed by atoms with van der Waals surface area (Å²) < 4.78 is 12.6. The van der Waals surface area contributed by atoms with Gasteiger partial charge in [0.05, 0.1) is 36.1 Å². The highest BCUT2D eigenvalue weighted by molar-refractivity contribution is 5.22. The molecule has 4 aliphatic carbocycles. The Kier molecular flexibility index (Phi) is 9.72. The third kappa shape index (κ3) is 5.72. The van der Waals surface area contributed by atoms with E-state index in [9.17, 15) is 40.9 Å². The first-order valence-electron chi connectivity index (χ1n) is 17.8. The van der Waals surface area contributed by atoms with Crippen LogP contribution in [-0.2, 0) is 9.47 Å². The van der Waals surface area contributed by atoms with E-state index in [2.05, 4.69) is 34.6 Å². The van der Waals surface area contributed by atoms with Gasteiger partial charge in [-0.3, -0.25) is 0 Å². The van der Waals surface area contributed by atoms with Crippen LogP contribution in [0.3, 0.4) is 0 Å². The fourth-order valence-electron chi connectivity index (χ4n) is 12.1. The molecule has 0 spiro atoms. The molecule has 1 aliphatic heterocycles. The summed E-state index contributed by atoms with van der Waals surface area (Å²) in [7, 11) is 0. The molecule has 0 radical (unpaired) electrons. The molecule has 9 unspecified atom stereocenters. The Morgan fingerprint density at radius 1 is 0.826 bits per heavy atom. The van der Waals surface area contributed by atoms with E-state index in [0.29, 0.717) is 38.5 Å². The summed E-state index contributed by atoms with van der Waals surface area (Å²) in [5.74, 6) is -0.349. The molecule has 0 aromatic heterocycles. The number of rotatable bonds is 8. The number of fused-ring (bicyclic) bond motifs is 5. The maximum atomic E-state index is 12.1. The van der Waals surface area contributed by atoms with Crippen LogP contribution in [0.5, 0.6) is 0 Å². The number of hydrogen-bond donors (Lipinski definition) is 8. The second kappa shape index (κ2) is 12.1. The standard InChI is InChI=1S/C36H64O10/c1-31(2,43)12-9-13-36(8,44)19-10-15-34(6)25(19)20(38)16-23-33(5)14-11-24(39)32(3,4)29(33)21(17-35(23,34)7)45-30-28(42)27(41)26(40)22(18-37)46-30/h19-30,37-44H,9-18H2,1-8H3/t19?,20-,21+,22?,23?,24+,25?,26?,27?,28?,29?,30?,33-,34-,35-,36-/m1/s1. The molecule has 1 saturated heterocycles. The fourth-order valence-corrected chi connectivity index (χ4v) is 12.1. The maximum Gasteiger partial charge on any atom is 0.186 e. The average Bonchev–Trinajstić information content (AvgIpc) is 3.32. The van der Waals surface area contributed by atoms with Gasteiger partial charge in [-0.1, -0.05) is 34.6 Å². The van der Waals surface area contributed by atoms with E-state index in [4.69, 9.17) is 9.47 Å². The zero-order valence-electron chi connectivity index (χ0n) is 29.4.